The molecule has 16 heavy (non-hydrogen) atoms. The number of amides is 1. The van der Waals surface area contributed by atoms with Crippen LogP contribution >= 0.6 is 24.2 Å². The van der Waals surface area contributed by atoms with Crippen LogP contribution in [0.25, 0.3) is 0 Å². The van der Waals surface area contributed by atoms with Gasteiger partial charge in [0, 0.05) is 5.75 Å². The summed E-state index contributed by atoms with van der Waals surface area (Å²) in [6.07, 6.45) is 1.48. The number of carbonyl (C=O) groups is 2. The molecule has 0 spiro atoms. The molecule has 0 aromatic heterocycles. The highest BCUT2D eigenvalue weighted by Gasteiger charge is 2.51. The van der Waals surface area contributed by atoms with E-state index >= 15 is 0 Å². The molecular weight excluding hydrogens is 252 g/mol. The van der Waals surface area contributed by atoms with Crippen LogP contribution in [0.15, 0.2) is 23.9 Å². The first-order chi connectivity index (χ1) is 7.07. The van der Waals surface area contributed by atoms with Crippen LogP contribution in [0.5, 0.6) is 0 Å². The van der Waals surface area contributed by atoms with Crippen molar-refractivity contribution in [2.45, 2.75) is 11.4 Å². The molecule has 1 saturated heterocycles. The first kappa shape index (κ1) is 13.1. The highest BCUT2D eigenvalue weighted by molar-refractivity contribution is 8.00. The number of halogens is 1. The van der Waals surface area contributed by atoms with Crippen LogP contribution in [-0.2, 0) is 9.59 Å². The van der Waals surface area contributed by atoms with Gasteiger partial charge in [-0.15, -0.1) is 24.2 Å². The van der Waals surface area contributed by atoms with Crippen molar-refractivity contribution >= 4 is 36.0 Å². The Morgan fingerprint density at radius 2 is 2.31 bits per heavy atom. The van der Waals surface area contributed by atoms with Crippen molar-refractivity contribution in [1.29, 1.82) is 0 Å². The maximum atomic E-state index is 11.4. The fourth-order valence-electron chi connectivity index (χ4n) is 1.70. The molecule has 5 nitrogen and oxygen atoms in total. The smallest absolute Gasteiger partial charge is 0.352 e. The van der Waals surface area contributed by atoms with Crippen LogP contribution in [0.2, 0.25) is 0 Å². The van der Waals surface area contributed by atoms with Crippen molar-refractivity contribution in [3.05, 3.63) is 23.9 Å². The quantitative estimate of drug-likeness (QED) is 0.694. The van der Waals surface area contributed by atoms with E-state index in [1.54, 1.807) is 0 Å². The lowest BCUT2D eigenvalue weighted by Gasteiger charge is -2.47. The van der Waals surface area contributed by atoms with Gasteiger partial charge in [-0.05, 0) is 5.57 Å². The highest BCUT2D eigenvalue weighted by atomic mass is 35.5. The predicted molar refractivity (Wildman–Crippen MR) is 63.2 cm³/mol. The first-order valence-electron chi connectivity index (χ1n) is 4.37. The normalized spacial score (nSPS) is 27.8. The van der Waals surface area contributed by atoms with Crippen molar-refractivity contribution in [3.63, 3.8) is 0 Å². The summed E-state index contributed by atoms with van der Waals surface area (Å²) in [5.41, 5.74) is 6.17. The number of β-lactam (4-membered cyclic amide) rings is 1. The van der Waals surface area contributed by atoms with E-state index in [1.165, 1.54) is 22.7 Å². The standard InChI is InChI=1S/C9H10N2O3S.ClH/c1-2-4-3-15-8-5(10)7(12)11(8)6(4)9(13)14;/h2,5,8H,1,3,10H2,(H,13,14);1H/t5?,8-;/m1./s1. The summed E-state index contributed by atoms with van der Waals surface area (Å²) >= 11 is 1.47. The molecule has 0 aromatic rings. The number of aliphatic carboxylic acids is 1. The summed E-state index contributed by atoms with van der Waals surface area (Å²) < 4.78 is 0. The van der Waals surface area contributed by atoms with Crippen LogP contribution < -0.4 is 5.73 Å². The zero-order chi connectivity index (χ0) is 11.2. The Morgan fingerprint density at radius 3 is 2.81 bits per heavy atom. The number of nitrogens with two attached hydrogens (primary N) is 1. The van der Waals surface area contributed by atoms with Crippen LogP contribution in [-0.4, -0.2) is 39.1 Å². The molecule has 7 heteroatoms. The summed E-state index contributed by atoms with van der Waals surface area (Å²) in [4.78, 5) is 23.7. The molecule has 88 valence electrons. The molecule has 0 radical (unpaired) electrons. The van der Waals surface area contributed by atoms with Gasteiger partial charge in [-0.1, -0.05) is 12.7 Å². The zero-order valence-electron chi connectivity index (χ0n) is 8.25. The van der Waals surface area contributed by atoms with Crippen LogP contribution in [0.4, 0.5) is 0 Å². The van der Waals surface area contributed by atoms with Crippen LogP contribution in [0.3, 0.4) is 0 Å². The Labute approximate surface area is 103 Å². The minimum absolute atomic E-state index is 0. The fourth-order valence-corrected chi connectivity index (χ4v) is 2.98. The largest absolute Gasteiger partial charge is 0.477 e. The number of fused-ring (bicyclic) bond motifs is 1. The number of hydrogen-bond donors (Lipinski definition) is 2. The van der Waals surface area contributed by atoms with E-state index in [9.17, 15) is 9.59 Å². The third-order valence-electron chi connectivity index (χ3n) is 2.49. The minimum Gasteiger partial charge on any atom is -0.477 e. The molecule has 2 heterocycles. The van der Waals surface area contributed by atoms with Crippen molar-refractivity contribution in [2.75, 3.05) is 5.75 Å². The monoisotopic (exact) mass is 262 g/mol. The number of carbonyl (C=O) groups excluding carboxylic acids is 1. The molecule has 0 bridgehead atoms. The Balaban J connectivity index is 0.00000128. The highest BCUT2D eigenvalue weighted by Crippen LogP contribution is 2.39. The second-order valence-electron chi connectivity index (χ2n) is 3.32. The second kappa shape index (κ2) is 4.48. The fraction of sp³-hybridized carbons (Fsp3) is 0.333. The average molecular weight is 263 g/mol. The molecule has 1 amide bonds. The van der Waals surface area contributed by atoms with E-state index in [0.29, 0.717) is 11.3 Å². The SMILES string of the molecule is C=CC1=C(C(=O)O)N2C(=O)C(N)[C@H]2SC1.Cl. The van der Waals surface area contributed by atoms with E-state index in [-0.39, 0.29) is 29.4 Å². The van der Waals surface area contributed by atoms with Gasteiger partial charge in [0.2, 0.25) is 5.91 Å². The molecule has 0 aromatic carbocycles. The van der Waals surface area contributed by atoms with Gasteiger partial charge < -0.3 is 10.8 Å². The first-order valence-corrected chi connectivity index (χ1v) is 5.42. The van der Waals surface area contributed by atoms with E-state index in [4.69, 9.17) is 10.8 Å². The predicted octanol–water partition coefficient (Wildman–Crippen LogP) is 0.175. The maximum Gasteiger partial charge on any atom is 0.352 e. The van der Waals surface area contributed by atoms with Gasteiger partial charge in [-0.3, -0.25) is 9.69 Å². The molecule has 1 fully saturated rings. The Bertz CT molecular complexity index is 396. The van der Waals surface area contributed by atoms with Crippen molar-refractivity contribution in [3.8, 4) is 0 Å². The molecule has 2 aliphatic heterocycles. The van der Waals surface area contributed by atoms with Gasteiger partial charge in [0.05, 0.1) is 0 Å². The number of carboxylic acids is 1. The molecular formula is C9H11ClN2O3S. The van der Waals surface area contributed by atoms with E-state index in [0.717, 1.165) is 0 Å². The summed E-state index contributed by atoms with van der Waals surface area (Å²) in [6.45, 7) is 3.54. The molecule has 2 rings (SSSR count). The van der Waals surface area contributed by atoms with Crippen LogP contribution in [0.1, 0.15) is 0 Å². The lowest BCUT2D eigenvalue weighted by atomic mass is 10.0. The van der Waals surface area contributed by atoms with E-state index in [2.05, 4.69) is 6.58 Å². The summed E-state index contributed by atoms with van der Waals surface area (Å²) in [5.74, 6) is -0.896. The van der Waals surface area contributed by atoms with Crippen LogP contribution in [0, 0.1) is 0 Å². The summed E-state index contributed by atoms with van der Waals surface area (Å²) in [7, 11) is 0. The number of allylic oxidation sites excluding steroid dienone is 1. The molecule has 2 aliphatic rings. The van der Waals surface area contributed by atoms with E-state index in [1.807, 2.05) is 0 Å². The topological polar surface area (TPSA) is 83.6 Å². The summed E-state index contributed by atoms with van der Waals surface area (Å²) in [5, 5.41) is 8.79. The third kappa shape index (κ3) is 1.63. The van der Waals surface area contributed by atoms with Crippen molar-refractivity contribution in [1.82, 2.24) is 4.90 Å². The number of hydrogen-bond acceptors (Lipinski definition) is 4. The molecule has 0 aliphatic carbocycles. The number of rotatable bonds is 2. The number of carboxylic acid groups (broad SMARTS) is 1. The van der Waals surface area contributed by atoms with Gasteiger partial charge >= 0.3 is 5.97 Å². The van der Waals surface area contributed by atoms with Gasteiger partial charge in [0.25, 0.3) is 0 Å². The van der Waals surface area contributed by atoms with Gasteiger partial charge in [-0.25, -0.2) is 4.79 Å². The average Bonchev–Trinajstić information content (AvgIpc) is 2.25. The lowest BCUT2D eigenvalue weighted by Crippen LogP contribution is -2.68. The molecule has 2 atom stereocenters. The van der Waals surface area contributed by atoms with Gasteiger partial charge in [-0.2, -0.15) is 0 Å². The second-order valence-corrected chi connectivity index (χ2v) is 4.42. The van der Waals surface area contributed by atoms with Crippen molar-refractivity contribution < 1.29 is 14.7 Å². The lowest BCUT2D eigenvalue weighted by molar-refractivity contribution is -0.147. The Morgan fingerprint density at radius 1 is 1.69 bits per heavy atom. The van der Waals surface area contributed by atoms with Crippen molar-refractivity contribution in [2.24, 2.45) is 5.73 Å². The third-order valence-corrected chi connectivity index (χ3v) is 3.81. The number of nitrogens with zero attached hydrogens (tertiary/aromatic N) is 1. The van der Waals surface area contributed by atoms with E-state index < -0.39 is 12.0 Å². The minimum atomic E-state index is -1.10. The van der Waals surface area contributed by atoms with Gasteiger partial charge in [0.15, 0.2) is 0 Å². The maximum absolute atomic E-state index is 11.4. The Kier molecular flexibility index (Phi) is 3.67. The number of thioether (sulfide) groups is 1. The summed E-state index contributed by atoms with van der Waals surface area (Å²) in [6, 6.07) is -0.573. The Hall–Kier alpha value is -0.980. The molecule has 1 unspecified atom stereocenters. The molecule has 3 N–H and O–H groups in total. The zero-order valence-corrected chi connectivity index (χ0v) is 9.88. The van der Waals surface area contributed by atoms with Gasteiger partial charge in [0.1, 0.15) is 17.1 Å². The molecule has 0 saturated carbocycles.